The molecule has 0 aliphatic carbocycles. The number of hydrogen-bond donors (Lipinski definition) is 2. The van der Waals surface area contributed by atoms with Crippen molar-refractivity contribution in [3.8, 4) is 0 Å². The molecule has 2 rings (SSSR count). The van der Waals surface area contributed by atoms with Crippen molar-refractivity contribution in [1.29, 1.82) is 5.41 Å². The van der Waals surface area contributed by atoms with Crippen molar-refractivity contribution >= 4 is 40.7 Å². The van der Waals surface area contributed by atoms with Crippen molar-refractivity contribution in [2.75, 3.05) is 6.61 Å². The largest absolute Gasteiger partial charge is 0.448 e. The van der Waals surface area contributed by atoms with Crippen molar-refractivity contribution in [3.63, 3.8) is 0 Å². The molecule has 29 heavy (non-hydrogen) atoms. The molecule has 0 bridgehead atoms. The van der Waals surface area contributed by atoms with Crippen LogP contribution in [0.1, 0.15) is 48.0 Å². The number of hydrogen-bond acceptors (Lipinski definition) is 5. The summed E-state index contributed by atoms with van der Waals surface area (Å²) in [6.07, 6.45) is 0.0990. The van der Waals surface area contributed by atoms with Gasteiger partial charge < -0.3 is 19.3 Å². The molecule has 9 heteroatoms. The van der Waals surface area contributed by atoms with Gasteiger partial charge in [0.05, 0.1) is 24.9 Å². The second-order valence-corrected chi connectivity index (χ2v) is 11.0. The monoisotopic (exact) mass is 684 g/mol. The van der Waals surface area contributed by atoms with E-state index < -0.39 is 16.0 Å². The Labute approximate surface area is 225 Å². The smallest absolute Gasteiger partial charge is 0.265 e. The summed E-state index contributed by atoms with van der Waals surface area (Å²) in [7, 11) is 0. The zero-order valence-electron chi connectivity index (χ0n) is 18.1. The first-order valence-electron chi connectivity index (χ1n) is 10.1. The molecule has 2 heterocycles. The van der Waals surface area contributed by atoms with E-state index in [0.29, 0.717) is 17.8 Å². The standard InChI is InChI=1S/C20H34Cl3NO4.Ac/c1-9-11(3)16(27-17(8-25)12(9)4)7-15-10(2)13(5)18(26-14(15)6)28-19(24)20(21,22)23;/h9-18,24-25H,7-8H2,1-6H3;/t9-,10-,11?,12+,13?,14?,15+,16+,17?,18?;/m1./s1. The van der Waals surface area contributed by atoms with Gasteiger partial charge in [-0.15, -0.1) is 0 Å². The van der Waals surface area contributed by atoms with Crippen molar-refractivity contribution < 1.29 is 63.4 Å². The zero-order valence-corrected chi connectivity index (χ0v) is 25.1. The average Bonchev–Trinajstić information content (AvgIpc) is 2.62. The summed E-state index contributed by atoms with van der Waals surface area (Å²) >= 11 is 17.2. The van der Waals surface area contributed by atoms with Gasteiger partial charge in [0, 0.05) is 50.0 Å². The first-order valence-corrected chi connectivity index (χ1v) is 11.3. The minimum atomic E-state index is -1.90. The van der Waals surface area contributed by atoms with E-state index in [1.165, 1.54) is 0 Å². The van der Waals surface area contributed by atoms with Crippen LogP contribution in [0.3, 0.4) is 0 Å². The average molecular weight is 686 g/mol. The Morgan fingerprint density at radius 3 is 1.97 bits per heavy atom. The SMILES string of the molecule is CC1[C@H](C[C@@H]2C(C)OC(OC(=N)C(Cl)(Cl)Cl)C(C)[C@H]2C)OC(CO)[C@@H](C)[C@@H]1C.[Ac]. The molecule has 167 valence electrons. The Bertz CT molecular complexity index is 548. The van der Waals surface area contributed by atoms with Crippen molar-refractivity contribution in [3.05, 3.63) is 0 Å². The number of aliphatic hydroxyl groups excluding tert-OH is 1. The Hall–Kier alpha value is 1.66. The minimum absolute atomic E-state index is 0. The third-order valence-corrected chi connectivity index (χ3v) is 7.76. The summed E-state index contributed by atoms with van der Waals surface area (Å²) < 4.78 is 16.0. The van der Waals surface area contributed by atoms with Crippen LogP contribution in [0.5, 0.6) is 0 Å². The van der Waals surface area contributed by atoms with Crippen LogP contribution in [-0.4, -0.2) is 46.0 Å². The normalized spacial score (nSPS) is 43.4. The molecular weight excluding hydrogens is 652 g/mol. The summed E-state index contributed by atoms with van der Waals surface area (Å²) in [6.45, 7) is 12.9. The third-order valence-electron chi connectivity index (χ3n) is 7.24. The van der Waals surface area contributed by atoms with Gasteiger partial charge in [-0.25, -0.2) is 0 Å². The molecule has 0 amide bonds. The first kappa shape index (κ1) is 28.7. The van der Waals surface area contributed by atoms with E-state index >= 15 is 0 Å². The molecular formula is C20H34AcCl3NO4. The molecule has 0 saturated carbocycles. The van der Waals surface area contributed by atoms with Crippen LogP contribution in [0.15, 0.2) is 0 Å². The van der Waals surface area contributed by atoms with Crippen LogP contribution >= 0.6 is 34.8 Å². The Morgan fingerprint density at radius 2 is 1.45 bits per heavy atom. The number of aliphatic hydroxyl groups is 1. The predicted molar refractivity (Wildman–Crippen MR) is 113 cm³/mol. The fourth-order valence-electron chi connectivity index (χ4n) is 4.60. The number of rotatable bonds is 4. The summed E-state index contributed by atoms with van der Waals surface area (Å²) in [5.41, 5.74) is 0. The summed E-state index contributed by atoms with van der Waals surface area (Å²) in [4.78, 5) is 0. The minimum Gasteiger partial charge on any atom is -0.448 e. The second-order valence-electron chi connectivity index (χ2n) is 8.75. The number of halogens is 3. The Kier molecular flexibility index (Phi) is 11.6. The van der Waals surface area contributed by atoms with Gasteiger partial charge in [-0.2, -0.15) is 0 Å². The van der Waals surface area contributed by atoms with Gasteiger partial charge in [0.15, 0.2) is 0 Å². The summed E-state index contributed by atoms with van der Waals surface area (Å²) in [5, 5.41) is 17.5. The quantitative estimate of drug-likeness (QED) is 0.247. The molecule has 0 aromatic carbocycles. The van der Waals surface area contributed by atoms with E-state index in [1.54, 1.807) is 0 Å². The summed E-state index contributed by atoms with van der Waals surface area (Å²) in [6, 6.07) is 0. The molecule has 10 atom stereocenters. The van der Waals surface area contributed by atoms with Crippen molar-refractivity contribution in [2.45, 2.75) is 76.4 Å². The fourth-order valence-corrected chi connectivity index (χ4v) is 4.74. The fraction of sp³-hybridized carbons (Fsp3) is 0.950. The molecule has 2 fully saturated rings. The van der Waals surface area contributed by atoms with E-state index in [-0.39, 0.29) is 86.7 Å². The first-order chi connectivity index (χ1) is 12.9. The van der Waals surface area contributed by atoms with Gasteiger partial charge >= 0.3 is 0 Å². The van der Waals surface area contributed by atoms with Gasteiger partial charge in [-0.05, 0) is 42.9 Å². The maximum atomic E-state index is 9.70. The molecule has 0 spiro atoms. The molecule has 0 aromatic rings. The molecule has 1 radical (unpaired) electrons. The number of nitrogens with one attached hydrogen (secondary N) is 1. The van der Waals surface area contributed by atoms with E-state index in [0.717, 1.165) is 6.42 Å². The zero-order chi connectivity index (χ0) is 21.4. The van der Waals surface area contributed by atoms with Gasteiger partial charge in [0.25, 0.3) is 3.79 Å². The van der Waals surface area contributed by atoms with Gasteiger partial charge in [-0.1, -0.05) is 69.4 Å². The number of ether oxygens (including phenoxy) is 3. The van der Waals surface area contributed by atoms with E-state index in [1.807, 2.05) is 13.8 Å². The van der Waals surface area contributed by atoms with E-state index in [9.17, 15) is 5.11 Å². The molecule has 0 aromatic heterocycles. The third kappa shape index (κ3) is 6.83. The van der Waals surface area contributed by atoms with Crippen LogP contribution in [0.4, 0.5) is 0 Å². The van der Waals surface area contributed by atoms with Crippen LogP contribution in [0.2, 0.25) is 0 Å². The van der Waals surface area contributed by atoms with Gasteiger partial charge in [0.1, 0.15) is 0 Å². The Morgan fingerprint density at radius 1 is 0.897 bits per heavy atom. The van der Waals surface area contributed by atoms with Crippen LogP contribution in [-0.2, 0) is 14.2 Å². The topological polar surface area (TPSA) is 71.8 Å². The molecule has 5 nitrogen and oxygen atoms in total. The van der Waals surface area contributed by atoms with Crippen LogP contribution in [0.25, 0.3) is 0 Å². The van der Waals surface area contributed by atoms with Gasteiger partial charge in [-0.3, -0.25) is 5.41 Å². The number of alkyl halides is 3. The van der Waals surface area contributed by atoms with E-state index in [4.69, 9.17) is 54.4 Å². The van der Waals surface area contributed by atoms with Crippen molar-refractivity contribution in [1.82, 2.24) is 0 Å². The molecule has 2 N–H and O–H groups in total. The Balaban J connectivity index is 0.00000420. The molecule has 2 saturated heterocycles. The van der Waals surface area contributed by atoms with Crippen LogP contribution < -0.4 is 0 Å². The predicted octanol–water partition coefficient (Wildman–Crippen LogP) is 5.04. The van der Waals surface area contributed by atoms with Gasteiger partial charge in [0.2, 0.25) is 12.2 Å². The maximum Gasteiger partial charge on any atom is 0.265 e. The van der Waals surface area contributed by atoms with E-state index in [2.05, 4.69) is 27.7 Å². The molecule has 5 unspecified atom stereocenters. The maximum absolute atomic E-state index is 9.70. The molecule has 2 aliphatic heterocycles. The molecule has 2 aliphatic rings. The summed E-state index contributed by atoms with van der Waals surface area (Å²) in [5.74, 6) is 1.35. The van der Waals surface area contributed by atoms with Crippen LogP contribution in [0, 0.1) is 85.0 Å². The van der Waals surface area contributed by atoms with Crippen molar-refractivity contribution in [2.24, 2.45) is 35.5 Å². The second kappa shape index (κ2) is 11.7.